The van der Waals surface area contributed by atoms with Crippen LogP contribution < -0.4 is 4.90 Å². The van der Waals surface area contributed by atoms with Crippen LogP contribution in [-0.4, -0.2) is 30.4 Å². The zero-order valence-electron chi connectivity index (χ0n) is 14.6. The lowest BCUT2D eigenvalue weighted by Crippen LogP contribution is -2.40. The molecule has 2 aromatic rings. The predicted octanol–water partition coefficient (Wildman–Crippen LogP) is 4.19. The molecule has 1 aliphatic rings. The second-order valence-electron chi connectivity index (χ2n) is 6.46. The summed E-state index contributed by atoms with van der Waals surface area (Å²) >= 11 is 0. The van der Waals surface area contributed by atoms with Crippen LogP contribution in [0.3, 0.4) is 0 Å². The van der Waals surface area contributed by atoms with E-state index in [0.29, 0.717) is 19.1 Å². The molecule has 0 spiro atoms. The Morgan fingerprint density at radius 3 is 2.54 bits per heavy atom. The summed E-state index contributed by atoms with van der Waals surface area (Å²) in [6.07, 6.45) is 2.29. The lowest BCUT2D eigenvalue weighted by molar-refractivity contribution is -0.119. The van der Waals surface area contributed by atoms with Gasteiger partial charge >= 0.3 is 0 Å². The van der Waals surface area contributed by atoms with Crippen molar-refractivity contribution in [1.29, 1.82) is 0 Å². The minimum atomic E-state index is 0.184. The molecule has 0 aliphatic carbocycles. The second-order valence-corrected chi connectivity index (χ2v) is 6.46. The van der Waals surface area contributed by atoms with E-state index in [2.05, 4.69) is 36.1 Å². The van der Waals surface area contributed by atoms with Crippen molar-refractivity contribution in [2.24, 2.45) is 0 Å². The van der Waals surface area contributed by atoms with Crippen LogP contribution in [0.15, 0.2) is 54.6 Å². The molecule has 1 atom stereocenters. The summed E-state index contributed by atoms with van der Waals surface area (Å²) < 4.78 is 0. The Hall–Kier alpha value is -2.13. The topological polar surface area (TPSA) is 23.6 Å². The highest BCUT2D eigenvalue weighted by molar-refractivity contribution is 5.94. The van der Waals surface area contributed by atoms with Gasteiger partial charge in [0.1, 0.15) is 0 Å². The number of carbonyl (C=O) groups excluding carboxylic acids is 1. The molecule has 2 aromatic carbocycles. The van der Waals surface area contributed by atoms with Crippen molar-refractivity contribution in [2.45, 2.75) is 32.7 Å². The number of hydrogen-bond donors (Lipinski definition) is 0. The molecular weight excluding hydrogens is 296 g/mol. The van der Waals surface area contributed by atoms with E-state index >= 15 is 0 Å². The van der Waals surface area contributed by atoms with Crippen LogP contribution in [0.1, 0.15) is 36.9 Å². The van der Waals surface area contributed by atoms with E-state index < -0.39 is 0 Å². The Labute approximate surface area is 144 Å². The molecule has 126 valence electrons. The van der Waals surface area contributed by atoms with Crippen molar-refractivity contribution in [3.05, 3.63) is 65.7 Å². The average molecular weight is 322 g/mol. The zero-order chi connectivity index (χ0) is 16.9. The first kappa shape index (κ1) is 16.7. The van der Waals surface area contributed by atoms with E-state index in [-0.39, 0.29) is 5.91 Å². The Bertz CT molecular complexity index is 683. The largest absolute Gasteiger partial charge is 0.312 e. The van der Waals surface area contributed by atoms with Crippen molar-refractivity contribution >= 4 is 11.6 Å². The zero-order valence-corrected chi connectivity index (χ0v) is 14.6. The van der Waals surface area contributed by atoms with Crippen molar-refractivity contribution in [3.8, 4) is 0 Å². The van der Waals surface area contributed by atoms with E-state index in [1.807, 2.05) is 42.2 Å². The first-order chi connectivity index (χ1) is 11.7. The summed E-state index contributed by atoms with van der Waals surface area (Å²) in [5.74, 6) is 0.184. The van der Waals surface area contributed by atoms with Crippen LogP contribution in [0.4, 0.5) is 5.69 Å². The molecule has 24 heavy (non-hydrogen) atoms. The average Bonchev–Trinajstić information content (AvgIpc) is 3.05. The monoisotopic (exact) mass is 322 g/mol. The number of likely N-dealkylation sites (tertiary alicyclic amines) is 1. The summed E-state index contributed by atoms with van der Waals surface area (Å²) in [5.41, 5.74) is 3.67. The van der Waals surface area contributed by atoms with Gasteiger partial charge in [-0.3, -0.25) is 9.69 Å². The summed E-state index contributed by atoms with van der Waals surface area (Å²) in [4.78, 5) is 17.1. The number of rotatable bonds is 5. The molecule has 3 rings (SSSR count). The third-order valence-corrected chi connectivity index (χ3v) is 4.93. The summed E-state index contributed by atoms with van der Waals surface area (Å²) in [6.45, 7) is 6.38. The van der Waals surface area contributed by atoms with Crippen LogP contribution in [0.25, 0.3) is 0 Å². The molecule has 3 nitrogen and oxygen atoms in total. The van der Waals surface area contributed by atoms with Crippen molar-refractivity contribution < 1.29 is 4.79 Å². The maximum Gasteiger partial charge on any atom is 0.241 e. The van der Waals surface area contributed by atoms with E-state index in [1.165, 1.54) is 11.1 Å². The highest BCUT2D eigenvalue weighted by Crippen LogP contribution is 2.33. The van der Waals surface area contributed by atoms with Crippen molar-refractivity contribution in [1.82, 2.24) is 4.90 Å². The minimum Gasteiger partial charge on any atom is -0.312 e. The van der Waals surface area contributed by atoms with E-state index in [1.54, 1.807) is 0 Å². The highest BCUT2D eigenvalue weighted by Gasteiger charge is 2.29. The lowest BCUT2D eigenvalue weighted by atomic mass is 9.99. The molecule has 0 radical (unpaired) electrons. The molecule has 0 saturated carbocycles. The van der Waals surface area contributed by atoms with Gasteiger partial charge in [-0.1, -0.05) is 42.5 Å². The molecule has 3 heteroatoms. The highest BCUT2D eigenvalue weighted by atomic mass is 16.2. The van der Waals surface area contributed by atoms with Gasteiger partial charge in [-0.05, 0) is 56.5 Å². The normalized spacial score (nSPS) is 17.8. The fourth-order valence-electron chi connectivity index (χ4n) is 3.70. The van der Waals surface area contributed by atoms with Crippen LogP contribution in [0.2, 0.25) is 0 Å². The standard InChI is InChI=1S/C21H26N2O/c1-3-23(18-11-5-4-6-12-18)21(24)16-22-15-9-14-20(22)19-13-8-7-10-17(19)2/h4-8,10-13,20H,3,9,14-16H2,1-2H3/t20-/m1/s1. The van der Waals surface area contributed by atoms with Gasteiger partial charge in [-0.15, -0.1) is 0 Å². The maximum absolute atomic E-state index is 12.9. The van der Waals surface area contributed by atoms with Gasteiger partial charge in [0.25, 0.3) is 0 Å². The van der Waals surface area contributed by atoms with Gasteiger partial charge in [0.05, 0.1) is 6.54 Å². The third kappa shape index (κ3) is 3.51. The molecule has 0 unspecified atom stereocenters. The number of carbonyl (C=O) groups is 1. The molecule has 0 aromatic heterocycles. The number of benzene rings is 2. The molecule has 1 amide bonds. The van der Waals surface area contributed by atoms with Gasteiger partial charge in [-0.25, -0.2) is 0 Å². The van der Waals surface area contributed by atoms with Crippen LogP contribution in [-0.2, 0) is 4.79 Å². The number of anilines is 1. The van der Waals surface area contributed by atoms with Gasteiger partial charge in [-0.2, -0.15) is 0 Å². The molecule has 0 bridgehead atoms. The van der Waals surface area contributed by atoms with Gasteiger partial charge in [0, 0.05) is 18.3 Å². The molecule has 0 N–H and O–H groups in total. The fraction of sp³-hybridized carbons (Fsp3) is 0.381. The molecule has 1 aliphatic heterocycles. The van der Waals surface area contributed by atoms with Gasteiger partial charge < -0.3 is 4.90 Å². The Morgan fingerprint density at radius 2 is 1.83 bits per heavy atom. The van der Waals surface area contributed by atoms with Crippen LogP contribution in [0, 0.1) is 6.92 Å². The first-order valence-electron chi connectivity index (χ1n) is 8.85. The summed E-state index contributed by atoms with van der Waals surface area (Å²) in [5, 5.41) is 0. The second kappa shape index (κ2) is 7.63. The van der Waals surface area contributed by atoms with Crippen molar-refractivity contribution in [3.63, 3.8) is 0 Å². The van der Waals surface area contributed by atoms with Crippen molar-refractivity contribution in [2.75, 3.05) is 24.5 Å². The third-order valence-electron chi connectivity index (χ3n) is 4.93. The fourth-order valence-corrected chi connectivity index (χ4v) is 3.70. The summed E-state index contributed by atoms with van der Waals surface area (Å²) in [6, 6.07) is 18.9. The first-order valence-corrected chi connectivity index (χ1v) is 8.85. The number of nitrogens with zero attached hydrogens (tertiary/aromatic N) is 2. The van der Waals surface area contributed by atoms with E-state index in [4.69, 9.17) is 0 Å². The molecule has 1 fully saturated rings. The molecular formula is C21H26N2O. The number of likely N-dealkylation sites (N-methyl/N-ethyl adjacent to an activating group) is 1. The smallest absolute Gasteiger partial charge is 0.241 e. The number of hydrogen-bond acceptors (Lipinski definition) is 2. The Morgan fingerprint density at radius 1 is 1.12 bits per heavy atom. The maximum atomic E-state index is 12.9. The molecule has 1 saturated heterocycles. The number of amides is 1. The van der Waals surface area contributed by atoms with E-state index in [9.17, 15) is 4.79 Å². The van der Waals surface area contributed by atoms with E-state index in [0.717, 1.165) is 25.1 Å². The predicted molar refractivity (Wildman–Crippen MR) is 99.2 cm³/mol. The van der Waals surface area contributed by atoms with Gasteiger partial charge in [0.2, 0.25) is 5.91 Å². The minimum absolute atomic E-state index is 0.184. The van der Waals surface area contributed by atoms with Crippen LogP contribution >= 0.6 is 0 Å². The SMILES string of the molecule is CCN(C(=O)CN1CCC[C@@H]1c1ccccc1C)c1ccccc1. The quantitative estimate of drug-likeness (QED) is 0.824. The van der Waals surface area contributed by atoms with Gasteiger partial charge in [0.15, 0.2) is 0 Å². The summed E-state index contributed by atoms with van der Waals surface area (Å²) in [7, 11) is 0. The lowest BCUT2D eigenvalue weighted by Gasteiger charge is -2.29. The number of para-hydroxylation sites is 1. The Balaban J connectivity index is 1.74. The molecule has 1 heterocycles. The van der Waals surface area contributed by atoms with Crippen LogP contribution in [0.5, 0.6) is 0 Å². The number of aryl methyl sites for hydroxylation is 1. The Kier molecular flexibility index (Phi) is 5.31.